The van der Waals surface area contributed by atoms with Gasteiger partial charge in [0.25, 0.3) is 0 Å². The first-order chi connectivity index (χ1) is 13.6. The highest BCUT2D eigenvalue weighted by molar-refractivity contribution is 5.92. The highest BCUT2D eigenvalue weighted by Crippen LogP contribution is 2.19. The summed E-state index contributed by atoms with van der Waals surface area (Å²) in [6, 6.07) is -2.03. The molecule has 0 aromatic carbocycles. The van der Waals surface area contributed by atoms with E-state index < -0.39 is 67.6 Å². The molecule has 0 aromatic rings. The molecule has 7 atom stereocenters. The van der Waals surface area contributed by atoms with Crippen LogP contribution in [0.3, 0.4) is 0 Å². The summed E-state index contributed by atoms with van der Waals surface area (Å²) in [5.41, 5.74) is 5.73. The van der Waals surface area contributed by atoms with Crippen LogP contribution in [0.15, 0.2) is 0 Å². The van der Waals surface area contributed by atoms with E-state index in [0.717, 1.165) is 12.8 Å². The molecular weight excluding hydrogens is 388 g/mol. The van der Waals surface area contributed by atoms with E-state index in [1.54, 1.807) is 11.8 Å². The number of likely N-dealkylation sites (tertiary alicyclic amines) is 1. The standard InChI is InChI=1S/C17H30N4O8/c1-8(17(28)21-4-2-3-5-21)19-15(27)9(18)6-11(23)20-16-14(26)13(25)12(24)10(7-22)29-16/h8-10,12-14,16,22,24-26H,2-7,18H2,1H3,(H,19,27)(H,20,23). The molecule has 2 heterocycles. The fraction of sp³-hybridized carbons (Fsp3) is 0.824. The van der Waals surface area contributed by atoms with Gasteiger partial charge in [-0.3, -0.25) is 14.4 Å². The van der Waals surface area contributed by atoms with Crippen molar-refractivity contribution < 1.29 is 39.5 Å². The Hall–Kier alpha value is -1.83. The average molecular weight is 418 g/mol. The van der Waals surface area contributed by atoms with E-state index in [0.29, 0.717) is 13.1 Å². The fourth-order valence-electron chi connectivity index (χ4n) is 3.32. The zero-order chi connectivity index (χ0) is 21.7. The second-order valence-electron chi connectivity index (χ2n) is 7.39. The monoisotopic (exact) mass is 418 g/mol. The molecule has 2 aliphatic rings. The number of nitrogens with one attached hydrogen (secondary N) is 2. The molecule has 0 bridgehead atoms. The van der Waals surface area contributed by atoms with Crippen molar-refractivity contribution in [1.82, 2.24) is 15.5 Å². The van der Waals surface area contributed by atoms with Gasteiger partial charge in [0.2, 0.25) is 17.7 Å². The fourth-order valence-corrected chi connectivity index (χ4v) is 3.32. The molecule has 166 valence electrons. The molecule has 0 saturated carbocycles. The molecule has 0 aromatic heterocycles. The first-order valence-electron chi connectivity index (χ1n) is 9.60. The number of hydrogen-bond acceptors (Lipinski definition) is 9. The van der Waals surface area contributed by atoms with Gasteiger partial charge in [-0.15, -0.1) is 0 Å². The first kappa shape index (κ1) is 23.4. The number of nitrogens with zero attached hydrogens (tertiary/aromatic N) is 1. The normalized spacial score (nSPS) is 31.8. The summed E-state index contributed by atoms with van der Waals surface area (Å²) < 4.78 is 5.16. The molecule has 2 rings (SSSR count). The third-order valence-corrected chi connectivity index (χ3v) is 5.08. The maximum Gasteiger partial charge on any atom is 0.244 e. The smallest absolute Gasteiger partial charge is 0.244 e. The number of amides is 3. The molecule has 2 fully saturated rings. The van der Waals surface area contributed by atoms with Crippen molar-refractivity contribution in [3.8, 4) is 0 Å². The lowest BCUT2D eigenvalue weighted by molar-refractivity contribution is -0.236. The minimum Gasteiger partial charge on any atom is -0.394 e. The molecule has 12 heteroatoms. The Morgan fingerprint density at radius 3 is 2.34 bits per heavy atom. The molecule has 0 aliphatic carbocycles. The topological polar surface area (TPSA) is 195 Å². The van der Waals surface area contributed by atoms with Crippen LogP contribution in [0.1, 0.15) is 26.2 Å². The van der Waals surface area contributed by atoms with Crippen LogP contribution in [-0.2, 0) is 19.1 Å². The Morgan fingerprint density at radius 1 is 1.14 bits per heavy atom. The van der Waals surface area contributed by atoms with Gasteiger partial charge >= 0.3 is 0 Å². The lowest BCUT2D eigenvalue weighted by Crippen LogP contribution is -2.63. The van der Waals surface area contributed by atoms with Crippen LogP contribution in [0, 0.1) is 0 Å². The van der Waals surface area contributed by atoms with Crippen molar-refractivity contribution in [2.75, 3.05) is 19.7 Å². The van der Waals surface area contributed by atoms with E-state index in [1.807, 2.05) is 0 Å². The van der Waals surface area contributed by atoms with Gasteiger partial charge in [-0.1, -0.05) is 0 Å². The zero-order valence-corrected chi connectivity index (χ0v) is 16.2. The van der Waals surface area contributed by atoms with Gasteiger partial charge in [0.05, 0.1) is 19.1 Å². The summed E-state index contributed by atoms with van der Waals surface area (Å²) >= 11 is 0. The van der Waals surface area contributed by atoms with Gasteiger partial charge in [-0.25, -0.2) is 0 Å². The maximum absolute atomic E-state index is 12.2. The van der Waals surface area contributed by atoms with E-state index in [4.69, 9.17) is 15.6 Å². The number of carbonyl (C=O) groups excluding carboxylic acids is 3. The Morgan fingerprint density at radius 2 is 1.76 bits per heavy atom. The predicted octanol–water partition coefficient (Wildman–Crippen LogP) is -4.25. The second-order valence-corrected chi connectivity index (χ2v) is 7.39. The number of hydrogen-bond donors (Lipinski definition) is 7. The Kier molecular flexibility index (Phi) is 8.31. The lowest BCUT2D eigenvalue weighted by atomic mass is 9.98. The van der Waals surface area contributed by atoms with Crippen LogP contribution in [0.25, 0.3) is 0 Å². The molecule has 3 amide bonds. The van der Waals surface area contributed by atoms with Gasteiger partial charge in [0.15, 0.2) is 6.23 Å². The second kappa shape index (κ2) is 10.3. The van der Waals surface area contributed by atoms with Crippen LogP contribution in [0.4, 0.5) is 0 Å². The van der Waals surface area contributed by atoms with Crippen molar-refractivity contribution in [2.24, 2.45) is 5.73 Å². The van der Waals surface area contributed by atoms with Gasteiger partial charge in [-0.2, -0.15) is 0 Å². The van der Waals surface area contributed by atoms with Crippen LogP contribution in [0.5, 0.6) is 0 Å². The minimum atomic E-state index is -1.64. The summed E-state index contributed by atoms with van der Waals surface area (Å²) in [6.45, 7) is 2.20. The van der Waals surface area contributed by atoms with Gasteiger partial charge in [0, 0.05) is 13.1 Å². The summed E-state index contributed by atoms with van der Waals surface area (Å²) in [7, 11) is 0. The molecular formula is C17H30N4O8. The first-order valence-corrected chi connectivity index (χ1v) is 9.60. The van der Waals surface area contributed by atoms with Crippen LogP contribution in [0.2, 0.25) is 0 Å². The number of aliphatic hydroxyl groups excluding tert-OH is 4. The molecule has 0 spiro atoms. The van der Waals surface area contributed by atoms with Crippen molar-refractivity contribution in [1.29, 1.82) is 0 Å². The quantitative estimate of drug-likeness (QED) is 0.214. The van der Waals surface area contributed by atoms with E-state index >= 15 is 0 Å². The molecule has 12 nitrogen and oxygen atoms in total. The van der Waals surface area contributed by atoms with E-state index in [1.165, 1.54) is 0 Å². The highest BCUT2D eigenvalue weighted by Gasteiger charge is 2.44. The van der Waals surface area contributed by atoms with Crippen LogP contribution < -0.4 is 16.4 Å². The minimum absolute atomic E-state index is 0.214. The van der Waals surface area contributed by atoms with Crippen molar-refractivity contribution in [3.05, 3.63) is 0 Å². The third kappa shape index (κ3) is 5.84. The number of aliphatic hydroxyl groups is 4. The molecule has 7 unspecified atom stereocenters. The van der Waals surface area contributed by atoms with E-state index in [-0.39, 0.29) is 5.91 Å². The third-order valence-electron chi connectivity index (χ3n) is 5.08. The summed E-state index contributed by atoms with van der Waals surface area (Å²) in [4.78, 5) is 38.2. The van der Waals surface area contributed by atoms with Crippen LogP contribution >= 0.6 is 0 Å². The Bertz CT molecular complexity index is 598. The van der Waals surface area contributed by atoms with Gasteiger partial charge < -0.3 is 46.4 Å². The van der Waals surface area contributed by atoms with Crippen molar-refractivity contribution >= 4 is 17.7 Å². The largest absolute Gasteiger partial charge is 0.394 e. The molecule has 2 saturated heterocycles. The maximum atomic E-state index is 12.2. The van der Waals surface area contributed by atoms with Gasteiger partial charge in [-0.05, 0) is 19.8 Å². The number of ether oxygens (including phenoxy) is 1. The SMILES string of the molecule is CC(NC(=O)C(N)CC(=O)NC1OC(CO)C(O)C(O)C1O)C(=O)N1CCCC1. The molecule has 8 N–H and O–H groups in total. The highest BCUT2D eigenvalue weighted by atomic mass is 16.6. The Balaban J connectivity index is 1.82. The summed E-state index contributed by atoms with van der Waals surface area (Å²) in [5.74, 6) is -1.65. The molecule has 29 heavy (non-hydrogen) atoms. The van der Waals surface area contributed by atoms with Crippen molar-refractivity contribution in [3.63, 3.8) is 0 Å². The lowest BCUT2D eigenvalue weighted by Gasteiger charge is -2.40. The van der Waals surface area contributed by atoms with E-state index in [2.05, 4.69) is 10.6 Å². The van der Waals surface area contributed by atoms with Gasteiger partial charge in [0.1, 0.15) is 30.5 Å². The van der Waals surface area contributed by atoms with E-state index in [9.17, 15) is 29.7 Å². The predicted molar refractivity (Wildman–Crippen MR) is 97.9 cm³/mol. The molecule has 0 radical (unpaired) electrons. The van der Waals surface area contributed by atoms with Crippen LogP contribution in [-0.4, -0.2) is 105 Å². The number of carbonyl (C=O) groups is 3. The number of rotatable bonds is 7. The summed E-state index contributed by atoms with van der Waals surface area (Å²) in [5, 5.41) is 43.3. The Labute approximate surface area is 168 Å². The average Bonchev–Trinajstić information content (AvgIpc) is 3.22. The van der Waals surface area contributed by atoms with Crippen molar-refractivity contribution in [2.45, 2.75) is 68.9 Å². The number of nitrogens with two attached hydrogens (primary N) is 1. The summed E-state index contributed by atoms with van der Waals surface area (Å²) in [6.07, 6.45) is -6.03. The molecule has 2 aliphatic heterocycles. The zero-order valence-electron chi connectivity index (χ0n) is 16.2.